The maximum Gasteiger partial charge on any atom is 0.234 e. The topological polar surface area (TPSA) is 100 Å². The Labute approximate surface area is 179 Å². The minimum absolute atomic E-state index is 0.0471. The molecule has 8 heteroatoms. The fraction of sp³-hybridized carbons (Fsp3) is 0.227. The number of ether oxygens (including phenoxy) is 2. The van der Waals surface area contributed by atoms with Gasteiger partial charge in [-0.15, -0.1) is 0 Å². The minimum atomic E-state index is -0.424. The van der Waals surface area contributed by atoms with Gasteiger partial charge in [-0.25, -0.2) is 0 Å². The number of nitrogens with zero attached hydrogens (tertiary/aromatic N) is 1. The number of hydrogen-bond acceptors (Lipinski definition) is 6. The molecule has 7 nitrogen and oxygen atoms in total. The Morgan fingerprint density at radius 3 is 2.60 bits per heavy atom. The van der Waals surface area contributed by atoms with Gasteiger partial charge in [0, 0.05) is 23.6 Å². The molecule has 0 radical (unpaired) electrons. The molecule has 1 unspecified atom stereocenters. The standard InChI is InChI=1S/C22H21N3O4S/c1-28-15-9-7-14(8-10-15)24-21(27)13-30-22-18(12-23)17(11-20(26)25-22)16-5-3-4-6-19(16)29-2/h3-10,17H,11,13H2,1-2H3,(H,24,27)(H,25,26). The van der Waals surface area contributed by atoms with E-state index in [0.717, 1.165) is 17.3 Å². The first kappa shape index (κ1) is 21.3. The first-order chi connectivity index (χ1) is 14.5. The maximum absolute atomic E-state index is 12.3. The number of carbonyl (C=O) groups excluding carboxylic acids is 2. The van der Waals surface area contributed by atoms with Crippen molar-refractivity contribution in [1.82, 2.24) is 5.32 Å². The molecule has 1 aliphatic heterocycles. The number of nitriles is 1. The van der Waals surface area contributed by atoms with E-state index >= 15 is 0 Å². The molecule has 0 saturated carbocycles. The van der Waals surface area contributed by atoms with Gasteiger partial charge in [-0.1, -0.05) is 30.0 Å². The second-order valence-electron chi connectivity index (χ2n) is 6.47. The van der Waals surface area contributed by atoms with Gasteiger partial charge >= 0.3 is 0 Å². The predicted molar refractivity (Wildman–Crippen MR) is 115 cm³/mol. The molecule has 3 rings (SSSR count). The zero-order valence-electron chi connectivity index (χ0n) is 16.6. The molecule has 0 aliphatic carbocycles. The number of methoxy groups -OCH3 is 2. The lowest BCUT2D eigenvalue weighted by Crippen LogP contribution is -2.31. The molecule has 0 bridgehead atoms. The zero-order valence-corrected chi connectivity index (χ0v) is 17.4. The SMILES string of the molecule is COc1ccc(NC(=O)CSC2=C(C#N)C(c3ccccc3OC)CC(=O)N2)cc1. The summed E-state index contributed by atoms with van der Waals surface area (Å²) in [6, 6.07) is 16.5. The molecule has 1 heterocycles. The number of carbonyl (C=O) groups is 2. The first-order valence-electron chi connectivity index (χ1n) is 9.19. The van der Waals surface area contributed by atoms with Gasteiger partial charge in [-0.2, -0.15) is 5.26 Å². The molecule has 0 aromatic heterocycles. The van der Waals surface area contributed by atoms with E-state index in [1.54, 1.807) is 44.6 Å². The molecule has 1 aliphatic rings. The van der Waals surface area contributed by atoms with Crippen molar-refractivity contribution in [2.45, 2.75) is 12.3 Å². The lowest BCUT2D eigenvalue weighted by Gasteiger charge is -2.26. The van der Waals surface area contributed by atoms with Crippen LogP contribution in [-0.4, -0.2) is 31.8 Å². The van der Waals surface area contributed by atoms with Crippen molar-refractivity contribution in [2.24, 2.45) is 0 Å². The summed E-state index contributed by atoms with van der Waals surface area (Å²) in [4.78, 5) is 24.6. The van der Waals surface area contributed by atoms with Crippen molar-refractivity contribution >= 4 is 29.3 Å². The second-order valence-corrected chi connectivity index (χ2v) is 7.45. The smallest absolute Gasteiger partial charge is 0.234 e. The fourth-order valence-corrected chi connectivity index (χ4v) is 4.04. The number of hydrogen-bond donors (Lipinski definition) is 2. The average Bonchev–Trinajstić information content (AvgIpc) is 2.77. The summed E-state index contributed by atoms with van der Waals surface area (Å²) < 4.78 is 10.5. The van der Waals surface area contributed by atoms with Crippen molar-refractivity contribution in [2.75, 3.05) is 25.3 Å². The van der Waals surface area contributed by atoms with Crippen LogP contribution in [0.25, 0.3) is 0 Å². The normalized spacial score (nSPS) is 15.8. The average molecular weight is 423 g/mol. The number of benzene rings is 2. The number of rotatable bonds is 7. The summed E-state index contributed by atoms with van der Waals surface area (Å²) in [5.41, 5.74) is 1.82. The van der Waals surface area contributed by atoms with Crippen LogP contribution in [0.5, 0.6) is 11.5 Å². The van der Waals surface area contributed by atoms with E-state index in [9.17, 15) is 14.9 Å². The minimum Gasteiger partial charge on any atom is -0.497 e. The highest BCUT2D eigenvalue weighted by atomic mass is 32.2. The van der Waals surface area contributed by atoms with E-state index in [2.05, 4.69) is 16.7 Å². The van der Waals surface area contributed by atoms with Crippen molar-refractivity contribution in [3.63, 3.8) is 0 Å². The van der Waals surface area contributed by atoms with Crippen LogP contribution in [0, 0.1) is 11.3 Å². The molecule has 0 spiro atoms. The van der Waals surface area contributed by atoms with Gasteiger partial charge in [0.1, 0.15) is 11.5 Å². The highest BCUT2D eigenvalue weighted by Crippen LogP contribution is 2.39. The van der Waals surface area contributed by atoms with Crippen LogP contribution in [0.15, 0.2) is 59.1 Å². The Morgan fingerprint density at radius 2 is 1.93 bits per heavy atom. The number of amides is 2. The Hall–Kier alpha value is -3.44. The van der Waals surface area contributed by atoms with Crippen LogP contribution in [0.2, 0.25) is 0 Å². The summed E-state index contributed by atoms with van der Waals surface area (Å²) >= 11 is 1.13. The second kappa shape index (κ2) is 9.85. The summed E-state index contributed by atoms with van der Waals surface area (Å²) in [6.45, 7) is 0. The summed E-state index contributed by atoms with van der Waals surface area (Å²) in [5, 5.41) is 15.7. The third kappa shape index (κ3) is 4.93. The molecule has 0 saturated heterocycles. The third-order valence-electron chi connectivity index (χ3n) is 4.59. The van der Waals surface area contributed by atoms with Crippen LogP contribution < -0.4 is 20.1 Å². The number of thioether (sulfide) groups is 1. The quantitative estimate of drug-likeness (QED) is 0.708. The molecule has 2 aromatic rings. The van der Waals surface area contributed by atoms with Gasteiger partial charge in [-0.05, 0) is 30.3 Å². The monoisotopic (exact) mass is 423 g/mol. The summed E-state index contributed by atoms with van der Waals surface area (Å²) in [5.74, 6) is 0.481. The fourth-order valence-electron chi connectivity index (χ4n) is 3.16. The number of allylic oxidation sites excluding steroid dienone is 1. The number of nitrogens with one attached hydrogen (secondary N) is 2. The van der Waals surface area contributed by atoms with E-state index in [0.29, 0.717) is 27.8 Å². The van der Waals surface area contributed by atoms with Crippen LogP contribution >= 0.6 is 11.8 Å². The molecular formula is C22H21N3O4S. The van der Waals surface area contributed by atoms with E-state index in [4.69, 9.17) is 9.47 Å². The molecule has 0 fully saturated rings. The molecule has 30 heavy (non-hydrogen) atoms. The highest BCUT2D eigenvalue weighted by molar-refractivity contribution is 8.03. The van der Waals surface area contributed by atoms with Crippen molar-refractivity contribution in [1.29, 1.82) is 5.26 Å². The Morgan fingerprint density at radius 1 is 1.20 bits per heavy atom. The summed E-state index contributed by atoms with van der Waals surface area (Å²) in [6.07, 6.45) is 0.144. The first-order valence-corrected chi connectivity index (χ1v) is 10.2. The van der Waals surface area contributed by atoms with Crippen LogP contribution in [-0.2, 0) is 9.59 Å². The van der Waals surface area contributed by atoms with Gasteiger partial charge in [-0.3, -0.25) is 9.59 Å². The van der Waals surface area contributed by atoms with E-state index in [1.807, 2.05) is 18.2 Å². The summed E-state index contributed by atoms with van der Waals surface area (Å²) in [7, 11) is 3.12. The van der Waals surface area contributed by atoms with Crippen LogP contribution in [0.3, 0.4) is 0 Å². The van der Waals surface area contributed by atoms with Gasteiger partial charge in [0.25, 0.3) is 0 Å². The van der Waals surface area contributed by atoms with Crippen LogP contribution in [0.4, 0.5) is 5.69 Å². The van der Waals surface area contributed by atoms with Gasteiger partial charge in [0.05, 0.1) is 36.6 Å². The van der Waals surface area contributed by atoms with Crippen molar-refractivity contribution in [3.8, 4) is 17.6 Å². The molecule has 2 aromatic carbocycles. The number of para-hydroxylation sites is 1. The Bertz CT molecular complexity index is 1010. The Balaban J connectivity index is 1.75. The molecule has 1 atom stereocenters. The van der Waals surface area contributed by atoms with E-state index < -0.39 is 5.92 Å². The maximum atomic E-state index is 12.3. The van der Waals surface area contributed by atoms with Gasteiger partial charge in [0.2, 0.25) is 11.8 Å². The van der Waals surface area contributed by atoms with E-state index in [-0.39, 0.29) is 24.0 Å². The molecule has 2 amide bonds. The Kier molecular flexibility index (Phi) is 6.99. The van der Waals surface area contributed by atoms with Crippen molar-refractivity contribution < 1.29 is 19.1 Å². The molecule has 2 N–H and O–H groups in total. The lowest BCUT2D eigenvalue weighted by atomic mass is 9.86. The highest BCUT2D eigenvalue weighted by Gasteiger charge is 2.31. The predicted octanol–water partition coefficient (Wildman–Crippen LogP) is 3.41. The number of anilines is 1. The van der Waals surface area contributed by atoms with Gasteiger partial charge in [0.15, 0.2) is 0 Å². The van der Waals surface area contributed by atoms with E-state index in [1.165, 1.54) is 0 Å². The third-order valence-corrected chi connectivity index (χ3v) is 5.61. The largest absolute Gasteiger partial charge is 0.497 e. The van der Waals surface area contributed by atoms with Crippen molar-refractivity contribution in [3.05, 3.63) is 64.7 Å². The van der Waals surface area contributed by atoms with Crippen LogP contribution in [0.1, 0.15) is 17.9 Å². The molecule has 154 valence electrons. The molecular weight excluding hydrogens is 402 g/mol. The lowest BCUT2D eigenvalue weighted by molar-refractivity contribution is -0.121. The zero-order chi connectivity index (χ0) is 21.5. The van der Waals surface area contributed by atoms with Gasteiger partial charge < -0.3 is 20.1 Å².